The molecule has 3 N–H and O–H groups in total. The highest BCUT2D eigenvalue weighted by Gasteiger charge is 2.28. The minimum Gasteiger partial charge on any atom is -0.496 e. The average molecular weight is 340 g/mol. The largest absolute Gasteiger partial charge is 0.496 e. The maximum absolute atomic E-state index is 12.2. The van der Waals surface area contributed by atoms with Crippen molar-refractivity contribution in [1.29, 1.82) is 0 Å². The number of hydrogen-bond acceptors (Lipinski definition) is 4. The Bertz CT molecular complexity index is 730. The first kappa shape index (κ1) is 17.5. The minimum absolute atomic E-state index is 0.0714. The van der Waals surface area contributed by atoms with Crippen LogP contribution < -0.4 is 15.4 Å². The number of nitrogens with one attached hydrogen (secondary N) is 2. The van der Waals surface area contributed by atoms with E-state index in [4.69, 9.17) is 4.74 Å². The van der Waals surface area contributed by atoms with Gasteiger partial charge in [-0.2, -0.15) is 0 Å². The fraction of sp³-hybridized carbons (Fsp3) is 0.350. The van der Waals surface area contributed by atoms with Crippen molar-refractivity contribution in [3.05, 3.63) is 54.1 Å². The van der Waals surface area contributed by atoms with Crippen molar-refractivity contribution < 1.29 is 14.6 Å². The molecule has 0 radical (unpaired) electrons. The number of aliphatic hydroxyl groups excluding tert-OH is 1. The standard InChI is InChI=1S/C20H24N2O3/c1-13(22-20(24)18-11-16(23)12-21-18)14-7-9-15(10-8-14)17-5-3-4-6-19(17)25-2/h3-10,13,16,18,21,23H,11-12H2,1-2H3,(H,22,24). The number of para-hydroxylation sites is 1. The van der Waals surface area contributed by atoms with E-state index in [1.165, 1.54) is 0 Å². The Morgan fingerprint density at radius 3 is 2.60 bits per heavy atom. The topological polar surface area (TPSA) is 70.6 Å². The van der Waals surface area contributed by atoms with E-state index in [0.29, 0.717) is 13.0 Å². The maximum Gasteiger partial charge on any atom is 0.237 e. The molecule has 2 aromatic rings. The Hall–Kier alpha value is -2.37. The zero-order valence-corrected chi connectivity index (χ0v) is 14.5. The van der Waals surface area contributed by atoms with Gasteiger partial charge in [0.1, 0.15) is 5.75 Å². The zero-order chi connectivity index (χ0) is 17.8. The minimum atomic E-state index is -0.439. The molecule has 5 heteroatoms. The summed E-state index contributed by atoms with van der Waals surface area (Å²) in [6, 6.07) is 15.6. The first-order chi connectivity index (χ1) is 12.1. The smallest absolute Gasteiger partial charge is 0.237 e. The molecule has 0 saturated carbocycles. The highest BCUT2D eigenvalue weighted by molar-refractivity contribution is 5.82. The predicted octanol–water partition coefficient (Wildman–Crippen LogP) is 2.26. The fourth-order valence-corrected chi connectivity index (χ4v) is 3.15. The Morgan fingerprint density at radius 2 is 1.96 bits per heavy atom. The number of benzene rings is 2. The molecular weight excluding hydrogens is 316 g/mol. The van der Waals surface area contributed by atoms with Crippen LogP contribution in [0.1, 0.15) is 24.9 Å². The van der Waals surface area contributed by atoms with Gasteiger partial charge in [-0.05, 0) is 30.5 Å². The van der Waals surface area contributed by atoms with Crippen molar-refractivity contribution in [2.24, 2.45) is 0 Å². The lowest BCUT2D eigenvalue weighted by Gasteiger charge is -2.18. The number of carbonyl (C=O) groups excluding carboxylic acids is 1. The van der Waals surface area contributed by atoms with Crippen molar-refractivity contribution >= 4 is 5.91 Å². The van der Waals surface area contributed by atoms with Gasteiger partial charge in [-0.3, -0.25) is 4.79 Å². The van der Waals surface area contributed by atoms with Crippen LogP contribution in [0.2, 0.25) is 0 Å². The molecule has 0 aliphatic carbocycles. The number of rotatable bonds is 5. The van der Waals surface area contributed by atoms with E-state index >= 15 is 0 Å². The molecule has 1 amide bonds. The summed E-state index contributed by atoms with van der Waals surface area (Å²) in [5.74, 6) is 0.764. The zero-order valence-electron chi connectivity index (χ0n) is 14.5. The van der Waals surface area contributed by atoms with Gasteiger partial charge in [0.25, 0.3) is 0 Å². The van der Waals surface area contributed by atoms with Gasteiger partial charge in [-0.25, -0.2) is 0 Å². The van der Waals surface area contributed by atoms with Crippen molar-refractivity contribution in [2.45, 2.75) is 31.5 Å². The van der Waals surface area contributed by atoms with Crippen LogP contribution in [0.25, 0.3) is 11.1 Å². The van der Waals surface area contributed by atoms with Crippen LogP contribution in [0, 0.1) is 0 Å². The van der Waals surface area contributed by atoms with Crippen LogP contribution in [0.5, 0.6) is 5.75 Å². The van der Waals surface area contributed by atoms with Crippen LogP contribution in [-0.4, -0.2) is 36.8 Å². The summed E-state index contributed by atoms with van der Waals surface area (Å²) in [6.45, 7) is 2.43. The number of carbonyl (C=O) groups is 1. The van der Waals surface area contributed by atoms with Crippen molar-refractivity contribution in [3.8, 4) is 16.9 Å². The molecule has 25 heavy (non-hydrogen) atoms. The monoisotopic (exact) mass is 340 g/mol. The van der Waals surface area contributed by atoms with E-state index < -0.39 is 6.10 Å². The second kappa shape index (κ2) is 7.68. The lowest BCUT2D eigenvalue weighted by atomic mass is 10.0. The molecule has 1 aliphatic heterocycles. The van der Waals surface area contributed by atoms with Gasteiger partial charge in [0.15, 0.2) is 0 Å². The summed E-state index contributed by atoms with van der Waals surface area (Å²) in [5, 5.41) is 15.6. The molecule has 1 fully saturated rings. The van der Waals surface area contributed by atoms with Crippen molar-refractivity contribution in [1.82, 2.24) is 10.6 Å². The Labute approximate surface area is 148 Å². The van der Waals surface area contributed by atoms with E-state index in [0.717, 1.165) is 22.4 Å². The molecule has 2 aromatic carbocycles. The molecule has 1 saturated heterocycles. The highest BCUT2D eigenvalue weighted by Crippen LogP contribution is 2.30. The van der Waals surface area contributed by atoms with Crippen LogP contribution in [0.3, 0.4) is 0 Å². The Kier molecular flexibility index (Phi) is 5.36. The lowest BCUT2D eigenvalue weighted by molar-refractivity contribution is -0.123. The number of amides is 1. The maximum atomic E-state index is 12.2. The van der Waals surface area contributed by atoms with Gasteiger partial charge in [-0.1, -0.05) is 42.5 Å². The summed E-state index contributed by atoms with van der Waals surface area (Å²) in [7, 11) is 1.67. The summed E-state index contributed by atoms with van der Waals surface area (Å²) in [5.41, 5.74) is 3.14. The first-order valence-electron chi connectivity index (χ1n) is 8.53. The van der Waals surface area contributed by atoms with E-state index in [-0.39, 0.29) is 18.0 Å². The molecule has 0 aromatic heterocycles. The first-order valence-corrected chi connectivity index (χ1v) is 8.53. The molecule has 0 spiro atoms. The summed E-state index contributed by atoms with van der Waals surface area (Å²) in [6.07, 6.45) is 0.0249. The van der Waals surface area contributed by atoms with Gasteiger partial charge in [0, 0.05) is 12.1 Å². The van der Waals surface area contributed by atoms with E-state index in [9.17, 15) is 9.90 Å². The summed E-state index contributed by atoms with van der Waals surface area (Å²) < 4.78 is 5.41. The Balaban J connectivity index is 1.68. The predicted molar refractivity (Wildman–Crippen MR) is 97.4 cm³/mol. The molecule has 3 atom stereocenters. The number of hydrogen-bond donors (Lipinski definition) is 3. The molecule has 0 bridgehead atoms. The third-order valence-electron chi connectivity index (χ3n) is 4.61. The quantitative estimate of drug-likeness (QED) is 0.781. The van der Waals surface area contributed by atoms with E-state index in [1.54, 1.807) is 7.11 Å². The Morgan fingerprint density at radius 1 is 1.24 bits per heavy atom. The highest BCUT2D eigenvalue weighted by atomic mass is 16.5. The number of ether oxygens (including phenoxy) is 1. The van der Waals surface area contributed by atoms with Crippen LogP contribution in [0.4, 0.5) is 0 Å². The third-order valence-corrected chi connectivity index (χ3v) is 4.61. The van der Waals surface area contributed by atoms with Crippen LogP contribution >= 0.6 is 0 Å². The van der Waals surface area contributed by atoms with Gasteiger partial charge in [0.2, 0.25) is 5.91 Å². The number of β-amino-alcohol motifs (C(OH)–C–C–N with tert-alkyl or cyclic N) is 1. The molecule has 1 heterocycles. The molecule has 3 unspecified atom stereocenters. The second-order valence-corrected chi connectivity index (χ2v) is 6.40. The molecular formula is C20H24N2O3. The molecule has 5 nitrogen and oxygen atoms in total. The van der Waals surface area contributed by atoms with Gasteiger partial charge in [-0.15, -0.1) is 0 Å². The molecule has 132 valence electrons. The molecule has 3 rings (SSSR count). The van der Waals surface area contributed by atoms with Crippen molar-refractivity contribution in [3.63, 3.8) is 0 Å². The van der Waals surface area contributed by atoms with Gasteiger partial charge < -0.3 is 20.5 Å². The number of methoxy groups -OCH3 is 1. The van der Waals surface area contributed by atoms with Crippen LogP contribution in [0.15, 0.2) is 48.5 Å². The second-order valence-electron chi connectivity index (χ2n) is 6.40. The SMILES string of the molecule is COc1ccccc1-c1ccc(C(C)NC(=O)C2CC(O)CN2)cc1. The average Bonchev–Trinajstić information content (AvgIpc) is 3.08. The number of aliphatic hydroxyl groups is 1. The van der Waals surface area contributed by atoms with Crippen LogP contribution in [-0.2, 0) is 4.79 Å². The van der Waals surface area contributed by atoms with Gasteiger partial charge >= 0.3 is 0 Å². The van der Waals surface area contributed by atoms with E-state index in [2.05, 4.69) is 10.6 Å². The summed E-state index contributed by atoms with van der Waals surface area (Å²) in [4.78, 5) is 12.2. The van der Waals surface area contributed by atoms with Crippen molar-refractivity contribution in [2.75, 3.05) is 13.7 Å². The summed E-state index contributed by atoms with van der Waals surface area (Å²) >= 11 is 0. The normalized spacial score (nSPS) is 20.9. The lowest BCUT2D eigenvalue weighted by Crippen LogP contribution is -2.41. The van der Waals surface area contributed by atoms with Gasteiger partial charge in [0.05, 0.1) is 25.3 Å². The van der Waals surface area contributed by atoms with E-state index in [1.807, 2.05) is 55.5 Å². The molecule has 1 aliphatic rings. The third kappa shape index (κ3) is 4.00. The fourth-order valence-electron chi connectivity index (χ4n) is 3.15.